The van der Waals surface area contributed by atoms with Gasteiger partial charge in [-0.3, -0.25) is 4.79 Å². The van der Waals surface area contributed by atoms with Crippen LogP contribution in [0.25, 0.3) is 0 Å². The molecule has 0 unspecified atom stereocenters. The van der Waals surface area contributed by atoms with Crippen molar-refractivity contribution < 1.29 is 22.4 Å². The SMILES string of the molecule is Cc1ccc(F)c(C(=O)Cc2ccc(F)c(F)c2)c1F. The van der Waals surface area contributed by atoms with E-state index in [2.05, 4.69) is 0 Å². The fraction of sp³-hybridized carbons (Fsp3) is 0.133. The predicted octanol–water partition coefficient (Wildman–Crippen LogP) is 3.98. The van der Waals surface area contributed by atoms with Crippen molar-refractivity contribution in [1.29, 1.82) is 0 Å². The number of carbonyl (C=O) groups is 1. The van der Waals surface area contributed by atoms with Crippen molar-refractivity contribution in [2.45, 2.75) is 13.3 Å². The van der Waals surface area contributed by atoms with Crippen LogP contribution < -0.4 is 0 Å². The van der Waals surface area contributed by atoms with Crippen LogP contribution in [0, 0.1) is 30.2 Å². The number of ketones is 1. The van der Waals surface area contributed by atoms with E-state index >= 15 is 0 Å². The summed E-state index contributed by atoms with van der Waals surface area (Å²) >= 11 is 0. The molecule has 0 aromatic heterocycles. The maximum Gasteiger partial charge on any atom is 0.173 e. The molecular weight excluding hydrogens is 272 g/mol. The van der Waals surface area contributed by atoms with Crippen LogP contribution in [0.5, 0.6) is 0 Å². The van der Waals surface area contributed by atoms with Crippen LogP contribution in [0.15, 0.2) is 30.3 Å². The van der Waals surface area contributed by atoms with Gasteiger partial charge in [0, 0.05) is 6.42 Å². The van der Waals surface area contributed by atoms with Gasteiger partial charge in [-0.1, -0.05) is 12.1 Å². The van der Waals surface area contributed by atoms with Crippen LogP contribution in [0.3, 0.4) is 0 Å². The first kappa shape index (κ1) is 14.2. The van der Waals surface area contributed by atoms with Crippen LogP contribution in [-0.2, 0) is 6.42 Å². The van der Waals surface area contributed by atoms with E-state index < -0.39 is 41.0 Å². The zero-order valence-electron chi connectivity index (χ0n) is 10.5. The van der Waals surface area contributed by atoms with Crippen molar-refractivity contribution in [2.75, 3.05) is 0 Å². The topological polar surface area (TPSA) is 17.1 Å². The Balaban J connectivity index is 2.33. The van der Waals surface area contributed by atoms with E-state index in [-0.39, 0.29) is 11.1 Å². The number of halogens is 4. The molecule has 0 N–H and O–H groups in total. The first-order chi connectivity index (χ1) is 9.40. The highest BCUT2D eigenvalue weighted by molar-refractivity contribution is 5.98. The van der Waals surface area contributed by atoms with E-state index in [1.807, 2.05) is 0 Å². The molecule has 2 aromatic carbocycles. The number of aryl methyl sites for hydroxylation is 1. The predicted molar refractivity (Wildman–Crippen MR) is 65.5 cm³/mol. The Morgan fingerprint density at radius 3 is 2.25 bits per heavy atom. The van der Waals surface area contributed by atoms with Gasteiger partial charge in [-0.05, 0) is 36.2 Å². The number of carbonyl (C=O) groups excluding carboxylic acids is 1. The van der Waals surface area contributed by atoms with Gasteiger partial charge in [-0.25, -0.2) is 17.6 Å². The van der Waals surface area contributed by atoms with Crippen LogP contribution in [0.2, 0.25) is 0 Å². The van der Waals surface area contributed by atoms with E-state index in [9.17, 15) is 22.4 Å². The molecule has 0 bridgehead atoms. The minimum absolute atomic E-state index is 0.139. The third kappa shape index (κ3) is 2.71. The van der Waals surface area contributed by atoms with Gasteiger partial charge in [0.25, 0.3) is 0 Å². The summed E-state index contributed by atoms with van der Waals surface area (Å²) in [6, 6.07) is 5.11. The maximum atomic E-state index is 13.8. The monoisotopic (exact) mass is 282 g/mol. The molecule has 5 heteroatoms. The number of benzene rings is 2. The highest BCUT2D eigenvalue weighted by atomic mass is 19.2. The molecule has 0 heterocycles. The Morgan fingerprint density at radius 1 is 0.950 bits per heavy atom. The second-order valence-corrected chi connectivity index (χ2v) is 4.40. The van der Waals surface area contributed by atoms with E-state index in [1.54, 1.807) is 0 Å². The molecule has 0 fully saturated rings. The molecule has 2 rings (SSSR count). The molecule has 20 heavy (non-hydrogen) atoms. The second kappa shape index (κ2) is 5.45. The molecule has 1 nitrogen and oxygen atoms in total. The van der Waals surface area contributed by atoms with Gasteiger partial charge in [-0.2, -0.15) is 0 Å². The van der Waals surface area contributed by atoms with Crippen molar-refractivity contribution in [3.63, 3.8) is 0 Å². The summed E-state index contributed by atoms with van der Waals surface area (Å²) in [5.41, 5.74) is -0.371. The van der Waals surface area contributed by atoms with Crippen molar-refractivity contribution in [3.8, 4) is 0 Å². The molecule has 2 aromatic rings. The molecule has 0 aliphatic heterocycles. The average Bonchev–Trinajstić information content (AvgIpc) is 2.39. The van der Waals surface area contributed by atoms with Crippen LogP contribution in [0.1, 0.15) is 21.5 Å². The van der Waals surface area contributed by atoms with Gasteiger partial charge in [0.1, 0.15) is 11.6 Å². The second-order valence-electron chi connectivity index (χ2n) is 4.40. The van der Waals surface area contributed by atoms with Crippen molar-refractivity contribution in [3.05, 3.63) is 70.3 Å². The molecule has 0 aliphatic rings. The Hall–Kier alpha value is -2.17. The lowest BCUT2D eigenvalue weighted by Gasteiger charge is -2.07. The molecule has 0 radical (unpaired) electrons. The van der Waals surface area contributed by atoms with Crippen LogP contribution >= 0.6 is 0 Å². The summed E-state index contributed by atoms with van der Waals surface area (Å²) in [7, 11) is 0. The third-order valence-corrected chi connectivity index (χ3v) is 2.91. The summed E-state index contributed by atoms with van der Waals surface area (Å²) in [5, 5.41) is 0. The van der Waals surface area contributed by atoms with Gasteiger partial charge in [0.2, 0.25) is 0 Å². The van der Waals surface area contributed by atoms with Crippen LogP contribution in [0.4, 0.5) is 17.6 Å². The number of rotatable bonds is 3. The van der Waals surface area contributed by atoms with E-state index in [0.717, 1.165) is 18.2 Å². The van der Waals surface area contributed by atoms with Gasteiger partial charge >= 0.3 is 0 Å². The molecular formula is C15H10F4O. The highest BCUT2D eigenvalue weighted by Gasteiger charge is 2.19. The maximum absolute atomic E-state index is 13.8. The summed E-state index contributed by atoms with van der Waals surface area (Å²) in [6.45, 7) is 1.41. The largest absolute Gasteiger partial charge is 0.294 e. The number of hydrogen-bond acceptors (Lipinski definition) is 1. The van der Waals surface area contributed by atoms with E-state index in [0.29, 0.717) is 0 Å². The lowest BCUT2D eigenvalue weighted by molar-refractivity contribution is 0.0984. The zero-order valence-corrected chi connectivity index (χ0v) is 10.5. The zero-order chi connectivity index (χ0) is 14.9. The Labute approximate surface area is 112 Å². The standard InChI is InChI=1S/C15H10F4O/c1-8-2-4-11(17)14(15(8)19)13(20)7-9-3-5-10(16)12(18)6-9/h2-6H,7H2,1H3. The first-order valence-electron chi connectivity index (χ1n) is 5.82. The molecule has 0 saturated carbocycles. The first-order valence-corrected chi connectivity index (χ1v) is 5.82. The van der Waals surface area contributed by atoms with Gasteiger partial charge in [0.05, 0.1) is 5.56 Å². The molecule has 0 saturated heterocycles. The molecule has 0 aliphatic carbocycles. The normalized spacial score (nSPS) is 10.7. The summed E-state index contributed by atoms with van der Waals surface area (Å²) in [6.07, 6.45) is -0.408. The highest BCUT2D eigenvalue weighted by Crippen LogP contribution is 2.19. The summed E-state index contributed by atoms with van der Waals surface area (Å²) < 4.78 is 53.1. The van der Waals surface area contributed by atoms with Crippen molar-refractivity contribution in [1.82, 2.24) is 0 Å². The van der Waals surface area contributed by atoms with E-state index in [4.69, 9.17) is 0 Å². The smallest absolute Gasteiger partial charge is 0.173 e. The number of Topliss-reactive ketones (excluding diaryl/α,β-unsaturated/α-hetero) is 1. The van der Waals surface area contributed by atoms with Crippen molar-refractivity contribution in [2.24, 2.45) is 0 Å². The van der Waals surface area contributed by atoms with Crippen LogP contribution in [-0.4, -0.2) is 5.78 Å². The van der Waals surface area contributed by atoms with Crippen molar-refractivity contribution >= 4 is 5.78 Å². The third-order valence-electron chi connectivity index (χ3n) is 2.91. The summed E-state index contributed by atoms with van der Waals surface area (Å²) in [5.74, 6) is -4.89. The Morgan fingerprint density at radius 2 is 1.60 bits per heavy atom. The molecule has 0 amide bonds. The fourth-order valence-electron chi connectivity index (χ4n) is 1.84. The quantitative estimate of drug-likeness (QED) is 0.615. The molecule has 0 atom stereocenters. The van der Waals surface area contributed by atoms with Gasteiger partial charge in [0.15, 0.2) is 17.4 Å². The summed E-state index contributed by atoms with van der Waals surface area (Å²) in [4.78, 5) is 11.9. The lowest BCUT2D eigenvalue weighted by Crippen LogP contribution is -2.10. The van der Waals surface area contributed by atoms with Gasteiger partial charge < -0.3 is 0 Å². The fourth-order valence-corrected chi connectivity index (χ4v) is 1.84. The van der Waals surface area contributed by atoms with Gasteiger partial charge in [-0.15, -0.1) is 0 Å². The molecule has 104 valence electrons. The average molecular weight is 282 g/mol. The molecule has 0 spiro atoms. The minimum Gasteiger partial charge on any atom is -0.294 e. The Kier molecular flexibility index (Phi) is 3.88. The Bertz CT molecular complexity index is 680. The van der Waals surface area contributed by atoms with E-state index in [1.165, 1.54) is 19.1 Å². The number of hydrogen-bond donors (Lipinski definition) is 0. The minimum atomic E-state index is -1.11. The lowest BCUT2D eigenvalue weighted by atomic mass is 10.00.